The quantitative estimate of drug-likeness (QED) is 0.925. The molecule has 0 aromatic carbocycles. The smallest absolute Gasteiger partial charge is 0.152 e. The van der Waals surface area contributed by atoms with Crippen molar-refractivity contribution < 1.29 is 9.13 Å². The summed E-state index contributed by atoms with van der Waals surface area (Å²) in [6.45, 7) is 3.64. The van der Waals surface area contributed by atoms with Gasteiger partial charge in [-0.1, -0.05) is 0 Å². The lowest BCUT2D eigenvalue weighted by Crippen LogP contribution is -2.44. The number of rotatable bonds is 3. The van der Waals surface area contributed by atoms with Crippen LogP contribution in [0.15, 0.2) is 10.7 Å². The molecule has 17 heavy (non-hydrogen) atoms. The van der Waals surface area contributed by atoms with Crippen LogP contribution in [0, 0.1) is 0 Å². The first-order valence-corrected chi connectivity index (χ1v) is 6.48. The number of hydrogen-bond donors (Lipinski definition) is 1. The summed E-state index contributed by atoms with van der Waals surface area (Å²) in [6.07, 6.45) is 2.00. The molecule has 1 aromatic heterocycles. The lowest BCUT2D eigenvalue weighted by molar-refractivity contribution is 0.0450. The molecule has 0 spiro atoms. The number of aryl methyl sites for hydroxylation is 1. The van der Waals surface area contributed by atoms with Gasteiger partial charge in [-0.2, -0.15) is 5.10 Å². The van der Waals surface area contributed by atoms with Gasteiger partial charge in [-0.15, -0.1) is 0 Å². The second-order valence-corrected chi connectivity index (χ2v) is 5.45. The number of alkyl halides is 1. The van der Waals surface area contributed by atoms with Crippen LogP contribution in [0.5, 0.6) is 0 Å². The third kappa shape index (κ3) is 2.86. The third-order valence-corrected chi connectivity index (χ3v) is 3.60. The Hall–Kier alpha value is -0.460. The minimum atomic E-state index is -1.43. The van der Waals surface area contributed by atoms with Crippen molar-refractivity contribution in [1.82, 2.24) is 15.1 Å². The van der Waals surface area contributed by atoms with E-state index in [2.05, 4.69) is 26.3 Å². The van der Waals surface area contributed by atoms with Gasteiger partial charge in [-0.25, -0.2) is 4.39 Å². The number of aromatic nitrogens is 2. The van der Waals surface area contributed by atoms with Gasteiger partial charge in [0.05, 0.1) is 29.6 Å². The average molecular weight is 306 g/mol. The molecule has 0 aliphatic carbocycles. The van der Waals surface area contributed by atoms with Crippen LogP contribution in [-0.2, 0) is 17.5 Å². The third-order valence-electron chi connectivity index (χ3n) is 3.02. The largest absolute Gasteiger partial charge is 0.379 e. The van der Waals surface area contributed by atoms with Crippen LogP contribution in [0.4, 0.5) is 4.39 Å². The van der Waals surface area contributed by atoms with Gasteiger partial charge in [0.2, 0.25) is 0 Å². The van der Waals surface area contributed by atoms with Crippen molar-refractivity contribution in [2.24, 2.45) is 7.05 Å². The summed E-state index contributed by atoms with van der Waals surface area (Å²) >= 11 is 3.34. The molecule has 4 nitrogen and oxygen atoms in total. The molecule has 1 saturated heterocycles. The van der Waals surface area contributed by atoms with Gasteiger partial charge in [0.1, 0.15) is 0 Å². The molecule has 2 unspecified atom stereocenters. The summed E-state index contributed by atoms with van der Waals surface area (Å²) in [5.74, 6) is 0. The first-order valence-electron chi connectivity index (χ1n) is 5.69. The van der Waals surface area contributed by atoms with E-state index in [1.165, 1.54) is 0 Å². The topological polar surface area (TPSA) is 39.1 Å². The predicted molar refractivity (Wildman–Crippen MR) is 66.6 cm³/mol. The maximum atomic E-state index is 14.8. The molecule has 96 valence electrons. The van der Waals surface area contributed by atoms with Gasteiger partial charge in [-0.3, -0.25) is 4.68 Å². The van der Waals surface area contributed by atoms with Gasteiger partial charge in [0, 0.05) is 26.1 Å². The Labute approximate surface area is 109 Å². The Kier molecular flexibility index (Phi) is 3.85. The summed E-state index contributed by atoms with van der Waals surface area (Å²) in [7, 11) is 1.75. The van der Waals surface area contributed by atoms with Gasteiger partial charge in [0.15, 0.2) is 5.67 Å². The molecule has 1 aliphatic rings. The van der Waals surface area contributed by atoms with Crippen LogP contribution in [-0.4, -0.2) is 35.6 Å². The molecule has 2 heterocycles. The lowest BCUT2D eigenvalue weighted by atomic mass is 9.95. The van der Waals surface area contributed by atoms with Gasteiger partial charge < -0.3 is 10.1 Å². The van der Waals surface area contributed by atoms with Crippen LogP contribution in [0.25, 0.3) is 0 Å². The molecule has 1 aliphatic heterocycles. The molecule has 0 amide bonds. The number of nitrogens with one attached hydrogen (secondary N) is 1. The van der Waals surface area contributed by atoms with Crippen molar-refractivity contribution >= 4 is 15.9 Å². The van der Waals surface area contributed by atoms with Crippen molar-refractivity contribution in [1.29, 1.82) is 0 Å². The molecule has 0 bridgehead atoms. The van der Waals surface area contributed by atoms with Crippen molar-refractivity contribution in [3.8, 4) is 0 Å². The lowest BCUT2D eigenvalue weighted by Gasteiger charge is -2.30. The van der Waals surface area contributed by atoms with E-state index in [9.17, 15) is 4.39 Å². The fourth-order valence-corrected chi connectivity index (χ4v) is 3.07. The zero-order valence-electron chi connectivity index (χ0n) is 10.0. The second-order valence-electron chi connectivity index (χ2n) is 4.59. The molecular formula is C11H17BrFN3O. The zero-order valence-corrected chi connectivity index (χ0v) is 11.6. The van der Waals surface area contributed by atoms with Crippen molar-refractivity contribution in [3.63, 3.8) is 0 Å². The molecule has 1 aromatic rings. The van der Waals surface area contributed by atoms with Crippen molar-refractivity contribution in [3.05, 3.63) is 16.4 Å². The SMILES string of the molecule is Cn1ncc(Br)c1C(C)(F)CC1COCCN1. The Morgan fingerprint density at radius 1 is 1.76 bits per heavy atom. The Balaban J connectivity index is 2.12. The fourth-order valence-electron chi connectivity index (χ4n) is 2.31. The highest BCUT2D eigenvalue weighted by Crippen LogP contribution is 2.35. The molecular weight excluding hydrogens is 289 g/mol. The predicted octanol–water partition coefficient (Wildman–Crippen LogP) is 1.75. The summed E-state index contributed by atoms with van der Waals surface area (Å²) in [5.41, 5.74) is -0.854. The summed E-state index contributed by atoms with van der Waals surface area (Å²) in [4.78, 5) is 0. The van der Waals surface area contributed by atoms with Crippen LogP contribution in [0.3, 0.4) is 0 Å². The van der Waals surface area contributed by atoms with Gasteiger partial charge >= 0.3 is 0 Å². The maximum absolute atomic E-state index is 14.8. The van der Waals surface area contributed by atoms with E-state index in [0.29, 0.717) is 29.8 Å². The van der Waals surface area contributed by atoms with Gasteiger partial charge in [0.25, 0.3) is 0 Å². The highest BCUT2D eigenvalue weighted by molar-refractivity contribution is 9.10. The number of halogens is 2. The minimum Gasteiger partial charge on any atom is -0.379 e. The maximum Gasteiger partial charge on any atom is 0.152 e. The summed E-state index contributed by atoms with van der Waals surface area (Å²) in [5, 5.41) is 7.32. The first-order chi connectivity index (χ1) is 8.00. The van der Waals surface area contributed by atoms with E-state index in [0.717, 1.165) is 6.54 Å². The second kappa shape index (κ2) is 5.04. The minimum absolute atomic E-state index is 0.0561. The van der Waals surface area contributed by atoms with Crippen LogP contribution in [0.1, 0.15) is 19.0 Å². The number of hydrogen-bond acceptors (Lipinski definition) is 3. The van der Waals surface area contributed by atoms with Crippen molar-refractivity contribution in [2.75, 3.05) is 19.8 Å². The Morgan fingerprint density at radius 2 is 2.53 bits per heavy atom. The Morgan fingerprint density at radius 3 is 3.06 bits per heavy atom. The normalized spacial score (nSPS) is 24.6. The van der Waals surface area contributed by atoms with Crippen LogP contribution in [0.2, 0.25) is 0 Å². The monoisotopic (exact) mass is 305 g/mol. The average Bonchev–Trinajstić information content (AvgIpc) is 2.59. The number of morpholine rings is 1. The van der Waals surface area contributed by atoms with Gasteiger partial charge in [-0.05, 0) is 22.9 Å². The number of ether oxygens (including phenoxy) is 1. The molecule has 2 rings (SSSR count). The molecule has 6 heteroatoms. The molecule has 1 fully saturated rings. The first kappa shape index (κ1) is 13.0. The standard InChI is InChI=1S/C11H17BrFN3O/c1-11(13,5-8-7-17-4-3-14-8)10-9(12)6-15-16(10)2/h6,8,14H,3-5,7H2,1-2H3. The van der Waals surface area contributed by atoms with Crippen LogP contribution < -0.4 is 5.32 Å². The van der Waals surface area contributed by atoms with Crippen LogP contribution >= 0.6 is 15.9 Å². The zero-order chi connectivity index (χ0) is 12.5. The van der Waals surface area contributed by atoms with E-state index in [1.807, 2.05) is 0 Å². The van der Waals surface area contributed by atoms with E-state index < -0.39 is 5.67 Å². The van der Waals surface area contributed by atoms with E-state index in [1.54, 1.807) is 24.9 Å². The molecule has 0 saturated carbocycles. The van der Waals surface area contributed by atoms with E-state index >= 15 is 0 Å². The van der Waals surface area contributed by atoms with E-state index in [4.69, 9.17) is 4.74 Å². The fraction of sp³-hybridized carbons (Fsp3) is 0.727. The van der Waals surface area contributed by atoms with Crippen molar-refractivity contribution in [2.45, 2.75) is 25.1 Å². The summed E-state index contributed by atoms with van der Waals surface area (Å²) < 4.78 is 22.4. The summed E-state index contributed by atoms with van der Waals surface area (Å²) in [6, 6.07) is 0.0561. The van der Waals surface area contributed by atoms with E-state index in [-0.39, 0.29) is 6.04 Å². The highest BCUT2D eigenvalue weighted by atomic mass is 79.9. The molecule has 0 radical (unpaired) electrons. The molecule has 1 N–H and O–H groups in total. The highest BCUT2D eigenvalue weighted by Gasteiger charge is 2.35. The number of nitrogens with zero attached hydrogens (tertiary/aromatic N) is 2. The molecule has 2 atom stereocenters. The Bertz CT molecular complexity index is 369.